The average molecular weight is 427 g/mol. The van der Waals surface area contributed by atoms with Gasteiger partial charge in [-0.1, -0.05) is 44.2 Å². The van der Waals surface area contributed by atoms with Gasteiger partial charge in [-0.15, -0.1) is 5.10 Å². The van der Waals surface area contributed by atoms with E-state index in [4.69, 9.17) is 4.74 Å². The summed E-state index contributed by atoms with van der Waals surface area (Å²) in [5, 5.41) is 16.9. The molecule has 1 amide bonds. The van der Waals surface area contributed by atoms with Crippen LogP contribution in [-0.4, -0.2) is 32.6 Å². The first-order chi connectivity index (χ1) is 14.9. The minimum Gasteiger partial charge on any atom is -0.363 e. The summed E-state index contributed by atoms with van der Waals surface area (Å²) in [5.74, 6) is -1.59. The van der Waals surface area contributed by atoms with Gasteiger partial charge in [0.15, 0.2) is 17.5 Å². The molecule has 3 aromatic rings. The lowest BCUT2D eigenvalue weighted by atomic mass is 10.0. The van der Waals surface area contributed by atoms with Crippen LogP contribution < -0.4 is 5.32 Å². The quantitative estimate of drug-likeness (QED) is 0.574. The van der Waals surface area contributed by atoms with Crippen molar-refractivity contribution in [2.24, 2.45) is 5.92 Å². The molecule has 4 rings (SSSR count). The van der Waals surface area contributed by atoms with Crippen LogP contribution in [0.4, 0.5) is 8.78 Å². The number of nitrogens with zero attached hydrogens (tertiary/aromatic N) is 3. The van der Waals surface area contributed by atoms with Crippen LogP contribution in [0.2, 0.25) is 0 Å². The Bertz CT molecular complexity index is 1050. The van der Waals surface area contributed by atoms with Crippen molar-refractivity contribution in [3.8, 4) is 11.4 Å². The van der Waals surface area contributed by atoms with Gasteiger partial charge in [0.05, 0.1) is 12.1 Å². The average Bonchev–Trinajstić information content (AvgIpc) is 3.31. The largest absolute Gasteiger partial charge is 0.363 e. The molecule has 7 nitrogen and oxygen atoms in total. The summed E-state index contributed by atoms with van der Waals surface area (Å²) >= 11 is 0. The van der Waals surface area contributed by atoms with E-state index in [1.807, 2.05) is 38.1 Å². The summed E-state index contributed by atoms with van der Waals surface area (Å²) in [6.45, 7) is 3.78. The summed E-state index contributed by atoms with van der Waals surface area (Å²) in [4.78, 5) is 13.0. The molecule has 1 aliphatic carbocycles. The molecule has 1 fully saturated rings. The van der Waals surface area contributed by atoms with Crippen molar-refractivity contribution < 1.29 is 18.3 Å². The zero-order valence-electron chi connectivity index (χ0n) is 17.2. The van der Waals surface area contributed by atoms with E-state index in [0.717, 1.165) is 36.1 Å². The lowest BCUT2D eigenvalue weighted by Gasteiger charge is -2.25. The lowest BCUT2D eigenvalue weighted by Crippen LogP contribution is -2.44. The standard InChI is InChI=1S/C22H23F2N5O2/c1-13(2)19(31-12-14-3-8-17(23)18(24)11-14)21(30)25-22(9-10-22)16-6-4-15(5-7-16)20-26-28-29-27-20/h3-8,11,13,19H,9-10,12H2,1-2H3,(H,25,30)(H,26,27,28,29). The van der Waals surface area contributed by atoms with Crippen molar-refractivity contribution in [3.63, 3.8) is 0 Å². The molecule has 162 valence electrons. The monoisotopic (exact) mass is 427 g/mol. The Hall–Kier alpha value is -3.20. The molecule has 2 N–H and O–H groups in total. The van der Waals surface area contributed by atoms with Crippen LogP contribution in [0.1, 0.15) is 37.8 Å². The van der Waals surface area contributed by atoms with Gasteiger partial charge in [0.25, 0.3) is 0 Å². The Labute approximate surface area is 178 Å². The fraction of sp³-hybridized carbons (Fsp3) is 0.364. The molecule has 1 saturated carbocycles. The predicted molar refractivity (Wildman–Crippen MR) is 108 cm³/mol. The Kier molecular flexibility index (Phi) is 5.77. The van der Waals surface area contributed by atoms with Crippen LogP contribution in [0.5, 0.6) is 0 Å². The van der Waals surface area contributed by atoms with E-state index in [1.54, 1.807) is 0 Å². The highest BCUT2D eigenvalue weighted by molar-refractivity contribution is 5.82. The number of aromatic nitrogens is 4. The summed E-state index contributed by atoms with van der Waals surface area (Å²) in [5.41, 5.74) is 1.90. The molecule has 0 spiro atoms. The van der Waals surface area contributed by atoms with Gasteiger partial charge in [-0.2, -0.15) is 0 Å². The zero-order valence-corrected chi connectivity index (χ0v) is 17.2. The normalized spacial score (nSPS) is 15.6. The summed E-state index contributed by atoms with van der Waals surface area (Å²) < 4.78 is 32.4. The van der Waals surface area contributed by atoms with E-state index < -0.39 is 23.3 Å². The Morgan fingerprint density at radius 3 is 2.48 bits per heavy atom. The first-order valence-electron chi connectivity index (χ1n) is 10.1. The zero-order chi connectivity index (χ0) is 22.0. The van der Waals surface area contributed by atoms with Crippen molar-refractivity contribution in [1.82, 2.24) is 25.9 Å². The van der Waals surface area contributed by atoms with E-state index in [-0.39, 0.29) is 18.4 Å². The van der Waals surface area contributed by atoms with E-state index in [0.29, 0.717) is 11.4 Å². The number of halogens is 2. The first-order valence-corrected chi connectivity index (χ1v) is 10.1. The van der Waals surface area contributed by atoms with Gasteiger partial charge in [0, 0.05) is 5.56 Å². The highest BCUT2D eigenvalue weighted by Crippen LogP contribution is 2.46. The van der Waals surface area contributed by atoms with Crippen molar-refractivity contribution >= 4 is 5.91 Å². The van der Waals surface area contributed by atoms with Gasteiger partial charge in [0.2, 0.25) is 5.91 Å². The number of aromatic amines is 1. The van der Waals surface area contributed by atoms with Crippen LogP contribution >= 0.6 is 0 Å². The third kappa shape index (κ3) is 4.61. The van der Waals surface area contributed by atoms with E-state index in [1.165, 1.54) is 6.07 Å². The molecule has 0 bridgehead atoms. The highest BCUT2D eigenvalue weighted by atomic mass is 19.2. The molecule has 1 aliphatic rings. The molecule has 9 heteroatoms. The fourth-order valence-corrected chi connectivity index (χ4v) is 3.53. The van der Waals surface area contributed by atoms with Gasteiger partial charge in [-0.3, -0.25) is 4.79 Å². The molecular weight excluding hydrogens is 404 g/mol. The fourth-order valence-electron chi connectivity index (χ4n) is 3.53. The van der Waals surface area contributed by atoms with Gasteiger partial charge >= 0.3 is 0 Å². The van der Waals surface area contributed by atoms with E-state index in [9.17, 15) is 13.6 Å². The topological polar surface area (TPSA) is 92.8 Å². The molecule has 0 radical (unpaired) electrons. The molecule has 0 aliphatic heterocycles. The summed E-state index contributed by atoms with van der Waals surface area (Å²) in [6.07, 6.45) is 0.941. The van der Waals surface area contributed by atoms with E-state index in [2.05, 4.69) is 25.9 Å². The molecule has 31 heavy (non-hydrogen) atoms. The maximum absolute atomic E-state index is 13.4. The number of ether oxygens (including phenoxy) is 1. The second kappa shape index (κ2) is 8.50. The minimum atomic E-state index is -0.937. The Morgan fingerprint density at radius 1 is 1.16 bits per heavy atom. The Morgan fingerprint density at radius 2 is 1.90 bits per heavy atom. The van der Waals surface area contributed by atoms with Crippen LogP contribution in [0.15, 0.2) is 42.5 Å². The molecule has 2 aromatic carbocycles. The molecule has 1 aromatic heterocycles. The third-order valence-electron chi connectivity index (χ3n) is 5.45. The van der Waals surface area contributed by atoms with Crippen LogP contribution in [0, 0.1) is 17.6 Å². The van der Waals surface area contributed by atoms with Crippen molar-refractivity contribution in [2.45, 2.75) is 44.9 Å². The van der Waals surface area contributed by atoms with Crippen LogP contribution in [-0.2, 0) is 21.7 Å². The van der Waals surface area contributed by atoms with Crippen molar-refractivity contribution in [3.05, 3.63) is 65.2 Å². The molecular formula is C22H23F2N5O2. The van der Waals surface area contributed by atoms with Crippen molar-refractivity contribution in [1.29, 1.82) is 0 Å². The number of hydrogen-bond acceptors (Lipinski definition) is 5. The molecule has 1 heterocycles. The number of H-pyrrole nitrogens is 1. The summed E-state index contributed by atoms with van der Waals surface area (Å²) in [6, 6.07) is 11.3. The van der Waals surface area contributed by atoms with Gasteiger partial charge in [-0.05, 0) is 52.4 Å². The number of tetrazole rings is 1. The number of carbonyl (C=O) groups is 1. The number of nitrogens with one attached hydrogen (secondary N) is 2. The van der Waals surface area contributed by atoms with Crippen LogP contribution in [0.25, 0.3) is 11.4 Å². The second-order valence-corrected chi connectivity index (χ2v) is 8.12. The minimum absolute atomic E-state index is 0.0143. The number of benzene rings is 2. The maximum atomic E-state index is 13.4. The molecule has 1 atom stereocenters. The predicted octanol–water partition coefficient (Wildman–Crippen LogP) is 3.49. The molecule has 1 unspecified atom stereocenters. The maximum Gasteiger partial charge on any atom is 0.250 e. The Balaban J connectivity index is 1.42. The molecule has 0 saturated heterocycles. The SMILES string of the molecule is CC(C)C(OCc1ccc(F)c(F)c1)C(=O)NC1(c2ccc(-c3nnn[nH]3)cc2)CC1. The van der Waals surface area contributed by atoms with Crippen LogP contribution in [0.3, 0.4) is 0 Å². The van der Waals surface area contributed by atoms with Gasteiger partial charge < -0.3 is 10.1 Å². The second-order valence-electron chi connectivity index (χ2n) is 8.12. The number of rotatable bonds is 8. The number of carbonyl (C=O) groups excluding carboxylic acids is 1. The number of hydrogen-bond donors (Lipinski definition) is 2. The van der Waals surface area contributed by atoms with Gasteiger partial charge in [0.1, 0.15) is 6.10 Å². The van der Waals surface area contributed by atoms with Crippen molar-refractivity contribution in [2.75, 3.05) is 0 Å². The number of amides is 1. The lowest BCUT2D eigenvalue weighted by molar-refractivity contribution is -0.137. The smallest absolute Gasteiger partial charge is 0.250 e. The highest BCUT2D eigenvalue weighted by Gasteiger charge is 2.46. The van der Waals surface area contributed by atoms with Gasteiger partial charge in [-0.25, -0.2) is 13.9 Å². The van der Waals surface area contributed by atoms with E-state index >= 15 is 0 Å². The first kappa shape index (κ1) is 21.0. The summed E-state index contributed by atoms with van der Waals surface area (Å²) in [7, 11) is 0. The third-order valence-corrected chi connectivity index (χ3v) is 5.45.